The summed E-state index contributed by atoms with van der Waals surface area (Å²) in [6, 6.07) is 10.0. The molecule has 7 nitrogen and oxygen atoms in total. The fourth-order valence-corrected chi connectivity index (χ4v) is 3.11. The highest BCUT2D eigenvalue weighted by Gasteiger charge is 2.27. The first kappa shape index (κ1) is 24.9. The molecule has 0 saturated heterocycles. The van der Waals surface area contributed by atoms with Crippen LogP contribution in [-0.4, -0.2) is 48.2 Å². The maximum absolute atomic E-state index is 13.3. The summed E-state index contributed by atoms with van der Waals surface area (Å²) < 4.78 is 31.2. The Bertz CT molecular complexity index is 919. The Kier molecular flexibility index (Phi) is 9.27. The fourth-order valence-electron chi connectivity index (χ4n) is 3.11. The van der Waals surface area contributed by atoms with Gasteiger partial charge in [-0.3, -0.25) is 14.4 Å². The number of aliphatic hydroxyl groups excluding tert-OH is 1. The van der Waals surface area contributed by atoms with E-state index in [0.29, 0.717) is 6.07 Å². The monoisotopic (exact) mass is 448 g/mol. The molecule has 2 rings (SSSR count). The lowest BCUT2D eigenvalue weighted by Gasteiger charge is -2.25. The van der Waals surface area contributed by atoms with Crippen LogP contribution in [0.5, 0.6) is 0 Å². The number of aliphatic hydroxyl groups is 1. The van der Waals surface area contributed by atoms with Crippen LogP contribution in [0.2, 0.25) is 0 Å². The van der Waals surface area contributed by atoms with E-state index < -0.39 is 47.6 Å². The molecule has 0 heterocycles. The van der Waals surface area contributed by atoms with Crippen molar-refractivity contribution < 1.29 is 33.0 Å². The molecule has 0 saturated carbocycles. The number of ether oxygens (including phenoxy) is 1. The van der Waals surface area contributed by atoms with Gasteiger partial charge in [0.2, 0.25) is 11.8 Å². The van der Waals surface area contributed by atoms with Crippen LogP contribution < -0.4 is 10.6 Å². The minimum absolute atomic E-state index is 0.128. The molecule has 0 aliphatic rings. The number of esters is 1. The van der Waals surface area contributed by atoms with Gasteiger partial charge in [-0.05, 0) is 36.6 Å². The van der Waals surface area contributed by atoms with Gasteiger partial charge in [0.1, 0.15) is 17.7 Å². The third-order valence-electron chi connectivity index (χ3n) is 4.75. The number of hydrogen-bond acceptors (Lipinski definition) is 5. The molecule has 9 heteroatoms. The van der Waals surface area contributed by atoms with E-state index in [2.05, 4.69) is 15.4 Å². The van der Waals surface area contributed by atoms with Crippen LogP contribution in [0.4, 0.5) is 8.78 Å². The second kappa shape index (κ2) is 11.9. The molecule has 0 bridgehead atoms. The zero-order chi connectivity index (χ0) is 23.7. The van der Waals surface area contributed by atoms with Crippen molar-refractivity contribution in [3.8, 4) is 0 Å². The predicted molar refractivity (Wildman–Crippen MR) is 112 cm³/mol. The molecule has 3 atom stereocenters. The van der Waals surface area contributed by atoms with Gasteiger partial charge < -0.3 is 20.5 Å². The number of rotatable bonds is 10. The summed E-state index contributed by atoms with van der Waals surface area (Å²) in [6.45, 7) is 1.44. The lowest BCUT2D eigenvalue weighted by Crippen LogP contribution is -2.52. The molecule has 2 aromatic carbocycles. The summed E-state index contributed by atoms with van der Waals surface area (Å²) >= 11 is 0. The second-order valence-electron chi connectivity index (χ2n) is 7.40. The molecule has 172 valence electrons. The minimum atomic E-state index is -1.22. The van der Waals surface area contributed by atoms with Gasteiger partial charge in [0.05, 0.1) is 32.1 Å². The van der Waals surface area contributed by atoms with Crippen molar-refractivity contribution in [3.63, 3.8) is 0 Å². The van der Waals surface area contributed by atoms with Crippen molar-refractivity contribution in [1.29, 1.82) is 0 Å². The largest absolute Gasteiger partial charge is 0.469 e. The van der Waals surface area contributed by atoms with Gasteiger partial charge in [-0.1, -0.05) is 30.3 Å². The first-order chi connectivity index (χ1) is 15.2. The van der Waals surface area contributed by atoms with E-state index >= 15 is 0 Å². The highest BCUT2D eigenvalue weighted by Crippen LogP contribution is 2.11. The molecular formula is C23H26F2N2O5. The van der Waals surface area contributed by atoms with Crippen LogP contribution in [0.15, 0.2) is 48.5 Å². The zero-order valence-corrected chi connectivity index (χ0v) is 17.8. The quantitative estimate of drug-likeness (QED) is 0.480. The first-order valence-electron chi connectivity index (χ1n) is 10.0. The lowest BCUT2D eigenvalue weighted by atomic mass is 9.98. The number of amides is 2. The van der Waals surface area contributed by atoms with E-state index in [0.717, 1.165) is 17.7 Å². The average Bonchev–Trinajstić information content (AvgIpc) is 2.72. The van der Waals surface area contributed by atoms with Crippen LogP contribution in [-0.2, 0) is 32.0 Å². The summed E-state index contributed by atoms with van der Waals surface area (Å²) in [7, 11) is 1.20. The van der Waals surface area contributed by atoms with Gasteiger partial charge in [-0.15, -0.1) is 0 Å². The van der Waals surface area contributed by atoms with E-state index in [1.54, 1.807) is 12.1 Å². The Morgan fingerprint density at radius 1 is 1.00 bits per heavy atom. The van der Waals surface area contributed by atoms with Crippen LogP contribution in [0.3, 0.4) is 0 Å². The Labute approximate surface area is 184 Å². The number of carbonyl (C=O) groups is 3. The average molecular weight is 448 g/mol. The number of nitrogens with one attached hydrogen (secondary N) is 2. The maximum atomic E-state index is 13.3. The maximum Gasteiger partial charge on any atom is 0.308 e. The predicted octanol–water partition coefficient (Wildman–Crippen LogP) is 1.66. The molecule has 2 amide bonds. The van der Waals surface area contributed by atoms with Gasteiger partial charge >= 0.3 is 5.97 Å². The Hall–Kier alpha value is -3.33. The molecule has 3 N–H and O–H groups in total. The molecular weight excluding hydrogens is 422 g/mol. The van der Waals surface area contributed by atoms with E-state index in [4.69, 9.17) is 0 Å². The minimum Gasteiger partial charge on any atom is -0.469 e. The number of hydrogen-bond donors (Lipinski definition) is 3. The second-order valence-corrected chi connectivity index (χ2v) is 7.40. The van der Waals surface area contributed by atoms with Crippen molar-refractivity contribution in [1.82, 2.24) is 10.6 Å². The highest BCUT2D eigenvalue weighted by atomic mass is 19.1. The molecule has 0 unspecified atom stereocenters. The van der Waals surface area contributed by atoms with Crippen LogP contribution in [0.1, 0.15) is 24.5 Å². The molecule has 0 fully saturated rings. The van der Waals surface area contributed by atoms with Crippen molar-refractivity contribution >= 4 is 17.8 Å². The van der Waals surface area contributed by atoms with E-state index in [9.17, 15) is 28.3 Å². The smallest absolute Gasteiger partial charge is 0.308 e. The van der Waals surface area contributed by atoms with Crippen molar-refractivity contribution in [2.24, 2.45) is 0 Å². The molecule has 0 aromatic heterocycles. The number of halogens is 2. The van der Waals surface area contributed by atoms with E-state index in [1.807, 2.05) is 18.2 Å². The summed E-state index contributed by atoms with van der Waals surface area (Å²) in [4.78, 5) is 36.4. The molecule has 32 heavy (non-hydrogen) atoms. The van der Waals surface area contributed by atoms with Gasteiger partial charge in [0, 0.05) is 6.07 Å². The van der Waals surface area contributed by atoms with Gasteiger partial charge in [-0.25, -0.2) is 8.78 Å². The molecule has 0 radical (unpaired) electrons. The van der Waals surface area contributed by atoms with Crippen LogP contribution in [0.25, 0.3) is 0 Å². The number of methoxy groups -OCH3 is 1. The normalized spacial score (nSPS) is 13.5. The summed E-state index contributed by atoms with van der Waals surface area (Å²) in [5.74, 6) is -3.43. The fraction of sp³-hybridized carbons (Fsp3) is 0.348. The zero-order valence-electron chi connectivity index (χ0n) is 17.8. The van der Waals surface area contributed by atoms with Gasteiger partial charge in [0.25, 0.3) is 0 Å². The Balaban J connectivity index is 2.01. The highest BCUT2D eigenvalue weighted by molar-refractivity contribution is 5.88. The molecule has 0 aliphatic heterocycles. The molecule has 0 spiro atoms. The summed E-state index contributed by atoms with van der Waals surface area (Å²) in [6.07, 6.45) is -1.61. The molecule has 0 aliphatic carbocycles. The Morgan fingerprint density at radius 3 is 2.22 bits per heavy atom. The van der Waals surface area contributed by atoms with Crippen molar-refractivity contribution in [2.75, 3.05) is 7.11 Å². The summed E-state index contributed by atoms with van der Waals surface area (Å²) in [5.41, 5.74) is 0.953. The third-order valence-corrected chi connectivity index (χ3v) is 4.75. The lowest BCUT2D eigenvalue weighted by molar-refractivity contribution is -0.143. The standard InChI is InChI=1S/C23H26F2N2O5/c1-14(26-21(29)11-16-8-17(24)12-18(25)9-16)23(31)27-19(20(28)13-22(30)32-2)10-15-6-4-3-5-7-15/h3-9,12,14,19-20,28H,10-11,13H2,1-2H3,(H,26,29)(H,27,31)/t14-,19-,20+/m0/s1. The molecule has 2 aromatic rings. The third kappa shape index (κ3) is 8.07. The van der Waals surface area contributed by atoms with Crippen molar-refractivity contribution in [2.45, 2.75) is 44.4 Å². The Morgan fingerprint density at radius 2 is 1.62 bits per heavy atom. The SMILES string of the molecule is COC(=O)C[C@@H](O)[C@H](Cc1ccccc1)NC(=O)[C@H](C)NC(=O)Cc1cc(F)cc(F)c1. The first-order valence-corrected chi connectivity index (χ1v) is 10.0. The topological polar surface area (TPSA) is 105 Å². The van der Waals surface area contributed by atoms with Crippen LogP contribution in [0, 0.1) is 11.6 Å². The van der Waals surface area contributed by atoms with Gasteiger partial charge in [0.15, 0.2) is 0 Å². The summed E-state index contributed by atoms with van der Waals surface area (Å²) in [5, 5.41) is 15.6. The van der Waals surface area contributed by atoms with Crippen LogP contribution >= 0.6 is 0 Å². The van der Waals surface area contributed by atoms with Gasteiger partial charge in [-0.2, -0.15) is 0 Å². The number of benzene rings is 2. The van der Waals surface area contributed by atoms with E-state index in [1.165, 1.54) is 14.0 Å². The number of carbonyl (C=O) groups excluding carboxylic acids is 3. The van der Waals surface area contributed by atoms with Crippen molar-refractivity contribution in [3.05, 3.63) is 71.3 Å². The van der Waals surface area contributed by atoms with E-state index in [-0.39, 0.29) is 24.8 Å².